The molecule has 1 aromatic rings. The Kier molecular flexibility index (Phi) is 3.63. The first-order valence-corrected chi connectivity index (χ1v) is 4.89. The lowest BCUT2D eigenvalue weighted by Crippen LogP contribution is -2.22. The normalized spacial score (nSPS) is 10.3. The molecule has 1 N–H and O–H groups in total. The Balaban J connectivity index is 2.88. The zero-order chi connectivity index (χ0) is 10.6. The summed E-state index contributed by atoms with van der Waals surface area (Å²) >= 11 is 0. The number of pyridine rings is 1. The second-order valence-corrected chi connectivity index (χ2v) is 3.48. The summed E-state index contributed by atoms with van der Waals surface area (Å²) in [6.45, 7) is 6.67. The van der Waals surface area contributed by atoms with Crippen molar-refractivity contribution in [3.63, 3.8) is 0 Å². The Bertz CT molecular complexity index is 321. The van der Waals surface area contributed by atoms with E-state index in [9.17, 15) is 4.79 Å². The molecule has 0 atom stereocenters. The molecule has 1 amide bonds. The van der Waals surface area contributed by atoms with Gasteiger partial charge in [0.25, 0.3) is 5.91 Å². The van der Waals surface area contributed by atoms with E-state index in [4.69, 9.17) is 0 Å². The van der Waals surface area contributed by atoms with E-state index in [1.54, 1.807) is 12.3 Å². The molecule has 0 saturated heterocycles. The van der Waals surface area contributed by atoms with Crippen LogP contribution >= 0.6 is 0 Å². The van der Waals surface area contributed by atoms with Gasteiger partial charge in [0.2, 0.25) is 0 Å². The summed E-state index contributed by atoms with van der Waals surface area (Å²) in [7, 11) is 0. The first-order chi connectivity index (χ1) is 6.65. The van der Waals surface area contributed by atoms with Crippen LogP contribution in [0.1, 0.15) is 42.7 Å². The monoisotopic (exact) mass is 192 g/mol. The van der Waals surface area contributed by atoms with Crippen LogP contribution in [0.3, 0.4) is 0 Å². The van der Waals surface area contributed by atoms with E-state index in [-0.39, 0.29) is 5.91 Å². The molecular formula is C11H16N2O. The third-order valence-corrected chi connectivity index (χ3v) is 1.97. The first kappa shape index (κ1) is 10.7. The quantitative estimate of drug-likeness (QED) is 0.795. The van der Waals surface area contributed by atoms with E-state index in [1.165, 1.54) is 0 Å². The molecule has 0 aromatic carbocycles. The molecule has 0 bridgehead atoms. The smallest absolute Gasteiger partial charge is 0.251 e. The predicted octanol–water partition coefficient (Wildman–Crippen LogP) is 1.95. The third-order valence-electron chi connectivity index (χ3n) is 1.97. The van der Waals surface area contributed by atoms with Gasteiger partial charge in [0.15, 0.2) is 0 Å². The summed E-state index contributed by atoms with van der Waals surface area (Å²) in [4.78, 5) is 15.7. The maximum absolute atomic E-state index is 11.5. The summed E-state index contributed by atoms with van der Waals surface area (Å²) in [6.07, 6.45) is 1.68. The van der Waals surface area contributed by atoms with Crippen LogP contribution in [0, 0.1) is 0 Å². The average Bonchev–Trinajstić information content (AvgIpc) is 2.18. The predicted molar refractivity (Wildman–Crippen MR) is 56.3 cm³/mol. The molecule has 0 aliphatic carbocycles. The van der Waals surface area contributed by atoms with Gasteiger partial charge in [0, 0.05) is 24.0 Å². The van der Waals surface area contributed by atoms with Gasteiger partial charge in [-0.1, -0.05) is 13.8 Å². The maximum Gasteiger partial charge on any atom is 0.251 e. The zero-order valence-corrected chi connectivity index (χ0v) is 8.87. The Labute approximate surface area is 84.6 Å². The van der Waals surface area contributed by atoms with Crippen LogP contribution in [-0.4, -0.2) is 17.4 Å². The highest BCUT2D eigenvalue weighted by Crippen LogP contribution is 2.12. The van der Waals surface area contributed by atoms with Crippen molar-refractivity contribution in [2.45, 2.75) is 26.7 Å². The van der Waals surface area contributed by atoms with Gasteiger partial charge in [-0.15, -0.1) is 0 Å². The highest BCUT2D eigenvalue weighted by molar-refractivity contribution is 5.94. The molecule has 1 heterocycles. The van der Waals surface area contributed by atoms with E-state index in [0.29, 0.717) is 18.0 Å². The minimum Gasteiger partial charge on any atom is -0.352 e. The fourth-order valence-electron chi connectivity index (χ4n) is 1.17. The Morgan fingerprint density at radius 1 is 1.57 bits per heavy atom. The van der Waals surface area contributed by atoms with Crippen molar-refractivity contribution in [2.75, 3.05) is 6.54 Å². The van der Waals surface area contributed by atoms with Gasteiger partial charge in [0.1, 0.15) is 0 Å². The van der Waals surface area contributed by atoms with Crippen LogP contribution in [-0.2, 0) is 0 Å². The summed E-state index contributed by atoms with van der Waals surface area (Å²) < 4.78 is 0. The number of aromatic nitrogens is 1. The first-order valence-electron chi connectivity index (χ1n) is 4.89. The van der Waals surface area contributed by atoms with E-state index in [0.717, 1.165) is 5.69 Å². The van der Waals surface area contributed by atoms with Gasteiger partial charge < -0.3 is 5.32 Å². The molecule has 14 heavy (non-hydrogen) atoms. The summed E-state index contributed by atoms with van der Waals surface area (Å²) in [5, 5.41) is 2.76. The average molecular weight is 192 g/mol. The molecule has 1 rings (SSSR count). The maximum atomic E-state index is 11.5. The summed E-state index contributed by atoms with van der Waals surface area (Å²) in [5.74, 6) is 0.321. The molecule has 0 unspecified atom stereocenters. The van der Waals surface area contributed by atoms with Crippen LogP contribution in [0.5, 0.6) is 0 Å². The highest BCUT2D eigenvalue weighted by Gasteiger charge is 2.06. The number of nitrogens with one attached hydrogen (secondary N) is 1. The number of rotatable bonds is 3. The lowest BCUT2D eigenvalue weighted by atomic mass is 10.1. The van der Waals surface area contributed by atoms with Gasteiger partial charge >= 0.3 is 0 Å². The van der Waals surface area contributed by atoms with Gasteiger partial charge in [-0.3, -0.25) is 9.78 Å². The lowest BCUT2D eigenvalue weighted by Gasteiger charge is -2.06. The molecule has 3 nitrogen and oxygen atoms in total. The fraction of sp³-hybridized carbons (Fsp3) is 0.455. The van der Waals surface area contributed by atoms with E-state index in [1.807, 2.05) is 13.0 Å². The van der Waals surface area contributed by atoms with Gasteiger partial charge in [-0.2, -0.15) is 0 Å². The largest absolute Gasteiger partial charge is 0.352 e. The molecule has 1 aromatic heterocycles. The minimum atomic E-state index is -0.0307. The van der Waals surface area contributed by atoms with Crippen LogP contribution in [0.25, 0.3) is 0 Å². The van der Waals surface area contributed by atoms with Gasteiger partial charge in [0.05, 0.1) is 0 Å². The second-order valence-electron chi connectivity index (χ2n) is 3.48. The molecule has 3 heteroatoms. The fourth-order valence-corrected chi connectivity index (χ4v) is 1.17. The molecule has 0 aliphatic rings. The second kappa shape index (κ2) is 4.74. The third kappa shape index (κ3) is 2.55. The van der Waals surface area contributed by atoms with Gasteiger partial charge in [-0.25, -0.2) is 0 Å². The number of amides is 1. The molecular weight excluding hydrogens is 176 g/mol. The van der Waals surface area contributed by atoms with Gasteiger partial charge in [-0.05, 0) is 25.0 Å². The number of hydrogen-bond donors (Lipinski definition) is 1. The highest BCUT2D eigenvalue weighted by atomic mass is 16.1. The lowest BCUT2D eigenvalue weighted by molar-refractivity contribution is 0.0955. The van der Waals surface area contributed by atoms with Crippen molar-refractivity contribution in [3.05, 3.63) is 29.6 Å². The molecule has 0 saturated carbocycles. The summed E-state index contributed by atoms with van der Waals surface area (Å²) in [5.41, 5.74) is 1.64. The van der Waals surface area contributed by atoms with Crippen molar-refractivity contribution in [2.24, 2.45) is 0 Å². The summed E-state index contributed by atoms with van der Waals surface area (Å²) in [6, 6.07) is 3.58. The van der Waals surface area contributed by atoms with E-state index < -0.39 is 0 Å². The Hall–Kier alpha value is -1.38. The number of nitrogens with zero attached hydrogens (tertiary/aromatic N) is 1. The number of hydrogen-bond acceptors (Lipinski definition) is 2. The number of carbonyl (C=O) groups excluding carboxylic acids is 1. The van der Waals surface area contributed by atoms with Crippen LogP contribution in [0.15, 0.2) is 18.3 Å². The molecule has 0 fully saturated rings. The van der Waals surface area contributed by atoms with Crippen LogP contribution in [0.2, 0.25) is 0 Å². The Morgan fingerprint density at radius 2 is 2.29 bits per heavy atom. The zero-order valence-electron chi connectivity index (χ0n) is 8.87. The number of carbonyl (C=O) groups is 1. The van der Waals surface area contributed by atoms with Crippen LogP contribution in [0.4, 0.5) is 0 Å². The topological polar surface area (TPSA) is 42.0 Å². The molecule has 0 radical (unpaired) electrons. The standard InChI is InChI=1S/C11H16N2O/c1-4-12-11(14)9-5-6-13-10(7-9)8(2)3/h5-8H,4H2,1-3H3,(H,12,14). The van der Waals surface area contributed by atoms with Crippen molar-refractivity contribution in [3.8, 4) is 0 Å². The van der Waals surface area contributed by atoms with Crippen molar-refractivity contribution in [1.29, 1.82) is 0 Å². The Morgan fingerprint density at radius 3 is 2.86 bits per heavy atom. The van der Waals surface area contributed by atoms with Crippen molar-refractivity contribution >= 4 is 5.91 Å². The minimum absolute atomic E-state index is 0.0307. The van der Waals surface area contributed by atoms with Crippen molar-refractivity contribution in [1.82, 2.24) is 10.3 Å². The van der Waals surface area contributed by atoms with E-state index >= 15 is 0 Å². The molecule has 0 spiro atoms. The SMILES string of the molecule is CCNC(=O)c1ccnc(C(C)C)c1. The van der Waals surface area contributed by atoms with E-state index in [2.05, 4.69) is 24.1 Å². The van der Waals surface area contributed by atoms with Crippen molar-refractivity contribution < 1.29 is 4.79 Å². The molecule has 0 aliphatic heterocycles. The van der Waals surface area contributed by atoms with Crippen LogP contribution < -0.4 is 5.32 Å². The molecule has 76 valence electrons.